The van der Waals surface area contributed by atoms with Crippen LogP contribution in [0.5, 0.6) is 0 Å². The standard InChI is InChI=1S/C25H26N4O3/c1-17-23(24(31)27-21-8-3-2-4-9-21)28-22(15-26-17)19-6-5-7-20(14-19)25(32)29-12-10-18(16-30)11-13-29/h2-9,14-15,18,30H,10-13,16H2,1H3,(H,27,31). The van der Waals surface area contributed by atoms with E-state index in [4.69, 9.17) is 0 Å². The van der Waals surface area contributed by atoms with E-state index >= 15 is 0 Å². The SMILES string of the molecule is Cc1ncc(-c2cccc(C(=O)N3CCC(CO)CC3)c2)nc1C(=O)Nc1ccccc1. The lowest BCUT2D eigenvalue weighted by atomic mass is 9.97. The summed E-state index contributed by atoms with van der Waals surface area (Å²) in [6.07, 6.45) is 3.24. The second-order valence-corrected chi connectivity index (χ2v) is 8.01. The number of aryl methyl sites for hydroxylation is 1. The van der Waals surface area contributed by atoms with Crippen LogP contribution >= 0.6 is 0 Å². The van der Waals surface area contributed by atoms with Gasteiger partial charge in [0.05, 0.1) is 17.6 Å². The first kappa shape index (κ1) is 21.6. The fourth-order valence-corrected chi connectivity index (χ4v) is 3.83. The van der Waals surface area contributed by atoms with E-state index in [0.29, 0.717) is 35.7 Å². The second kappa shape index (κ2) is 9.70. The Labute approximate surface area is 187 Å². The highest BCUT2D eigenvalue weighted by Gasteiger charge is 2.23. The van der Waals surface area contributed by atoms with Gasteiger partial charge >= 0.3 is 0 Å². The van der Waals surface area contributed by atoms with Gasteiger partial charge in [-0.05, 0) is 49.9 Å². The molecule has 1 aliphatic heterocycles. The van der Waals surface area contributed by atoms with Crippen LogP contribution in [0.15, 0.2) is 60.8 Å². The zero-order chi connectivity index (χ0) is 22.5. The molecule has 0 radical (unpaired) electrons. The summed E-state index contributed by atoms with van der Waals surface area (Å²) < 4.78 is 0. The summed E-state index contributed by atoms with van der Waals surface area (Å²) in [6.45, 7) is 3.20. The highest BCUT2D eigenvalue weighted by Crippen LogP contribution is 2.23. The van der Waals surface area contributed by atoms with Crippen LogP contribution in [-0.4, -0.2) is 51.5 Å². The van der Waals surface area contributed by atoms with E-state index in [-0.39, 0.29) is 30.0 Å². The van der Waals surface area contributed by atoms with E-state index in [1.54, 1.807) is 25.3 Å². The van der Waals surface area contributed by atoms with Gasteiger partial charge in [0.15, 0.2) is 0 Å². The number of carbonyl (C=O) groups excluding carboxylic acids is 2. The number of para-hydroxylation sites is 1. The van der Waals surface area contributed by atoms with Crippen LogP contribution in [0.1, 0.15) is 39.4 Å². The number of aliphatic hydroxyl groups is 1. The van der Waals surface area contributed by atoms with Crippen LogP contribution in [0.25, 0.3) is 11.3 Å². The molecule has 32 heavy (non-hydrogen) atoms. The maximum atomic E-state index is 13.0. The lowest BCUT2D eigenvalue weighted by Crippen LogP contribution is -2.39. The molecule has 7 heteroatoms. The molecule has 0 bridgehead atoms. The molecular formula is C25H26N4O3. The van der Waals surface area contributed by atoms with Gasteiger partial charge in [-0.15, -0.1) is 0 Å². The van der Waals surface area contributed by atoms with Crippen molar-refractivity contribution in [3.8, 4) is 11.3 Å². The van der Waals surface area contributed by atoms with Gasteiger partial charge in [0, 0.05) is 36.5 Å². The molecule has 0 aliphatic carbocycles. The maximum Gasteiger partial charge on any atom is 0.276 e. The van der Waals surface area contributed by atoms with Gasteiger partial charge < -0.3 is 15.3 Å². The molecule has 3 aromatic rings. The molecule has 164 valence electrons. The number of aromatic nitrogens is 2. The lowest BCUT2D eigenvalue weighted by Gasteiger charge is -2.31. The minimum Gasteiger partial charge on any atom is -0.396 e. The van der Waals surface area contributed by atoms with E-state index in [1.165, 1.54) is 0 Å². The summed E-state index contributed by atoms with van der Waals surface area (Å²) in [7, 11) is 0. The van der Waals surface area contributed by atoms with Crippen molar-refractivity contribution >= 4 is 17.5 Å². The molecule has 4 rings (SSSR count). The quantitative estimate of drug-likeness (QED) is 0.645. The van der Waals surface area contributed by atoms with E-state index in [9.17, 15) is 14.7 Å². The number of aliphatic hydroxyl groups excluding tert-OH is 1. The number of nitrogens with one attached hydrogen (secondary N) is 1. The summed E-state index contributed by atoms with van der Waals surface area (Å²) >= 11 is 0. The Hall–Kier alpha value is -3.58. The van der Waals surface area contributed by atoms with Gasteiger partial charge in [-0.3, -0.25) is 14.6 Å². The Bertz CT molecular complexity index is 1110. The minimum atomic E-state index is -0.331. The molecule has 1 fully saturated rings. The number of rotatable bonds is 5. The second-order valence-electron chi connectivity index (χ2n) is 8.01. The highest BCUT2D eigenvalue weighted by atomic mass is 16.3. The maximum absolute atomic E-state index is 13.0. The smallest absolute Gasteiger partial charge is 0.276 e. The average molecular weight is 431 g/mol. The molecular weight excluding hydrogens is 404 g/mol. The van der Waals surface area contributed by atoms with Crippen molar-refractivity contribution in [3.63, 3.8) is 0 Å². The normalized spacial score (nSPS) is 14.2. The Kier molecular flexibility index (Phi) is 6.56. The summed E-state index contributed by atoms with van der Waals surface area (Å²) in [4.78, 5) is 36.5. The van der Waals surface area contributed by atoms with Crippen molar-refractivity contribution in [1.29, 1.82) is 0 Å². The molecule has 2 amide bonds. The number of amides is 2. The third kappa shape index (κ3) is 4.84. The largest absolute Gasteiger partial charge is 0.396 e. The number of nitrogens with zero attached hydrogens (tertiary/aromatic N) is 3. The number of likely N-dealkylation sites (tertiary alicyclic amines) is 1. The first-order valence-electron chi connectivity index (χ1n) is 10.8. The molecule has 0 unspecified atom stereocenters. The molecule has 0 spiro atoms. The van der Waals surface area contributed by atoms with Crippen LogP contribution < -0.4 is 5.32 Å². The van der Waals surface area contributed by atoms with Gasteiger partial charge in [0.2, 0.25) is 0 Å². The topological polar surface area (TPSA) is 95.4 Å². The predicted molar refractivity (Wildman–Crippen MR) is 122 cm³/mol. The Morgan fingerprint density at radius 3 is 2.56 bits per heavy atom. The third-order valence-corrected chi connectivity index (χ3v) is 5.77. The van der Waals surface area contributed by atoms with Crippen molar-refractivity contribution in [2.24, 2.45) is 5.92 Å². The molecule has 0 atom stereocenters. The fraction of sp³-hybridized carbons (Fsp3) is 0.280. The summed E-state index contributed by atoms with van der Waals surface area (Å²) in [5.74, 6) is -0.0962. The van der Waals surface area contributed by atoms with E-state index in [0.717, 1.165) is 18.4 Å². The number of piperidine rings is 1. The van der Waals surface area contributed by atoms with Crippen LogP contribution in [0.4, 0.5) is 5.69 Å². The monoisotopic (exact) mass is 430 g/mol. The van der Waals surface area contributed by atoms with E-state index in [2.05, 4.69) is 15.3 Å². The summed E-state index contributed by atoms with van der Waals surface area (Å²) in [5.41, 5.74) is 3.28. The summed E-state index contributed by atoms with van der Waals surface area (Å²) in [5, 5.41) is 12.2. The summed E-state index contributed by atoms with van der Waals surface area (Å²) in [6, 6.07) is 16.4. The molecule has 1 saturated heterocycles. The zero-order valence-electron chi connectivity index (χ0n) is 18.0. The number of anilines is 1. The Morgan fingerprint density at radius 2 is 1.84 bits per heavy atom. The third-order valence-electron chi connectivity index (χ3n) is 5.77. The van der Waals surface area contributed by atoms with Crippen molar-refractivity contribution in [2.45, 2.75) is 19.8 Å². The molecule has 0 saturated carbocycles. The number of carbonyl (C=O) groups is 2. The van der Waals surface area contributed by atoms with E-state index < -0.39 is 0 Å². The van der Waals surface area contributed by atoms with Gasteiger partial charge in [0.1, 0.15) is 5.69 Å². The number of benzene rings is 2. The van der Waals surface area contributed by atoms with Gasteiger partial charge in [-0.2, -0.15) is 0 Å². The first-order chi connectivity index (χ1) is 15.5. The van der Waals surface area contributed by atoms with Crippen LogP contribution in [0, 0.1) is 12.8 Å². The van der Waals surface area contributed by atoms with Crippen molar-refractivity contribution < 1.29 is 14.7 Å². The fourth-order valence-electron chi connectivity index (χ4n) is 3.83. The number of hydrogen-bond donors (Lipinski definition) is 2. The Balaban J connectivity index is 1.55. The zero-order valence-corrected chi connectivity index (χ0v) is 18.0. The van der Waals surface area contributed by atoms with Gasteiger partial charge in [-0.25, -0.2) is 4.98 Å². The van der Waals surface area contributed by atoms with Crippen LogP contribution in [0.2, 0.25) is 0 Å². The molecule has 2 heterocycles. The minimum absolute atomic E-state index is 0.0367. The lowest BCUT2D eigenvalue weighted by molar-refractivity contribution is 0.0651. The molecule has 1 aromatic heterocycles. The van der Waals surface area contributed by atoms with Crippen LogP contribution in [-0.2, 0) is 0 Å². The molecule has 1 aliphatic rings. The molecule has 7 nitrogen and oxygen atoms in total. The first-order valence-corrected chi connectivity index (χ1v) is 10.8. The average Bonchev–Trinajstić information content (AvgIpc) is 2.84. The van der Waals surface area contributed by atoms with Gasteiger partial charge in [0.25, 0.3) is 11.8 Å². The number of hydrogen-bond acceptors (Lipinski definition) is 5. The molecule has 2 aromatic carbocycles. The van der Waals surface area contributed by atoms with Crippen molar-refractivity contribution in [2.75, 3.05) is 25.0 Å². The Morgan fingerprint density at radius 1 is 1.09 bits per heavy atom. The highest BCUT2D eigenvalue weighted by molar-refractivity contribution is 6.03. The molecule has 2 N–H and O–H groups in total. The van der Waals surface area contributed by atoms with Gasteiger partial charge in [-0.1, -0.05) is 30.3 Å². The van der Waals surface area contributed by atoms with Crippen molar-refractivity contribution in [1.82, 2.24) is 14.9 Å². The predicted octanol–water partition coefficient (Wildman–Crippen LogP) is 3.55. The van der Waals surface area contributed by atoms with E-state index in [1.807, 2.05) is 47.4 Å². The van der Waals surface area contributed by atoms with Crippen molar-refractivity contribution in [3.05, 3.63) is 77.7 Å². The van der Waals surface area contributed by atoms with Crippen LogP contribution in [0.3, 0.4) is 0 Å².